The first-order valence-corrected chi connectivity index (χ1v) is 26.2. The van der Waals surface area contributed by atoms with Crippen molar-refractivity contribution in [3.63, 3.8) is 0 Å². The van der Waals surface area contributed by atoms with Gasteiger partial charge in [-0.2, -0.15) is 9.61 Å². The van der Waals surface area contributed by atoms with Crippen LogP contribution in [0.15, 0.2) is 43.6 Å². The fourth-order valence-corrected chi connectivity index (χ4v) is 11.5. The molecule has 0 fully saturated rings. The molecule has 8 rings (SSSR count). The molecule has 16 nitrogen and oxygen atoms in total. The number of amides is 4. The third kappa shape index (κ3) is 11.3. The van der Waals surface area contributed by atoms with Crippen molar-refractivity contribution in [2.75, 3.05) is 0 Å². The number of imide groups is 2. The minimum atomic E-state index is -0.356. The first kappa shape index (κ1) is 53.8. The Kier molecular flexibility index (Phi) is 17.1. The van der Waals surface area contributed by atoms with Gasteiger partial charge >= 0.3 is 11.4 Å². The molecule has 2 aliphatic rings. The van der Waals surface area contributed by atoms with Crippen LogP contribution in [0.2, 0.25) is 0 Å². The fourth-order valence-electron chi connectivity index (χ4n) is 7.30. The summed E-state index contributed by atoms with van der Waals surface area (Å²) in [4.78, 5) is 108. The van der Waals surface area contributed by atoms with Gasteiger partial charge in [-0.25, -0.2) is 14.6 Å². The maximum atomic E-state index is 12.2. The maximum Gasteiger partial charge on any atom is 0.353 e. The van der Waals surface area contributed by atoms with Crippen molar-refractivity contribution < 1.29 is 19.2 Å². The number of rotatable bonds is 8. The molecule has 2 aliphatic heterocycles. The molecule has 0 saturated carbocycles. The van der Waals surface area contributed by atoms with E-state index in [1.165, 1.54) is 74.5 Å². The van der Waals surface area contributed by atoms with E-state index in [2.05, 4.69) is 37.8 Å². The molecule has 0 bridgehead atoms. The molecule has 68 heavy (non-hydrogen) atoms. The van der Waals surface area contributed by atoms with Gasteiger partial charge in [0.15, 0.2) is 0 Å². The molecular formula is C48H64N8O8S4. The van der Waals surface area contributed by atoms with Crippen LogP contribution in [-0.4, -0.2) is 73.6 Å². The molecule has 4 amide bonds. The van der Waals surface area contributed by atoms with E-state index in [0.717, 1.165) is 35.0 Å². The second-order valence-corrected chi connectivity index (χ2v) is 23.5. The molecule has 0 saturated heterocycles. The van der Waals surface area contributed by atoms with Crippen LogP contribution in [-0.2, 0) is 22.4 Å². The van der Waals surface area contributed by atoms with E-state index in [-0.39, 0.29) is 76.2 Å². The molecule has 8 heterocycles. The zero-order valence-corrected chi connectivity index (χ0v) is 45.1. The summed E-state index contributed by atoms with van der Waals surface area (Å²) in [7, 11) is 0. The van der Waals surface area contributed by atoms with Crippen LogP contribution in [0.4, 0.5) is 0 Å². The minimum absolute atomic E-state index is 0.0643. The lowest BCUT2D eigenvalue weighted by atomic mass is 10.0. The molecule has 0 radical (unpaired) electrons. The van der Waals surface area contributed by atoms with Crippen LogP contribution < -0.4 is 22.5 Å². The quantitative estimate of drug-likeness (QED) is 0.133. The van der Waals surface area contributed by atoms with E-state index >= 15 is 0 Å². The van der Waals surface area contributed by atoms with Crippen molar-refractivity contribution in [3.05, 3.63) is 107 Å². The Hall–Kier alpha value is -5.18. The highest BCUT2D eigenvalue weighted by Gasteiger charge is 2.36. The van der Waals surface area contributed by atoms with Crippen LogP contribution in [0.25, 0.3) is 9.66 Å². The van der Waals surface area contributed by atoms with Gasteiger partial charge in [-0.05, 0) is 73.3 Å². The Morgan fingerprint density at radius 2 is 0.985 bits per heavy atom. The number of fused-ring (bicyclic) bond motifs is 4. The lowest BCUT2D eigenvalue weighted by Crippen LogP contribution is -2.46. The number of hydrogen-bond donors (Lipinski definition) is 0. The monoisotopic (exact) mass is 1010 g/mol. The summed E-state index contributed by atoms with van der Waals surface area (Å²) in [5, 5.41) is 6.05. The van der Waals surface area contributed by atoms with Gasteiger partial charge in [0.2, 0.25) is 11.8 Å². The van der Waals surface area contributed by atoms with Crippen molar-refractivity contribution in [3.8, 4) is 0 Å². The SMILES string of the molecule is CC(C)c1cc2c(s1)CC(=O)N(C(C)C)C2=O.CC(C)c1cn2c(=O)n(C(C)C)c(=O)cc2s1.CC(C)c1nc2c(s1)CC(=O)N(C(C)C)C2=O.CC(C)c1nn2c(=O)n(C(C)C)c(=O)cc2s1. The highest BCUT2D eigenvalue weighted by atomic mass is 32.1. The predicted octanol–water partition coefficient (Wildman–Crippen LogP) is 8.85. The van der Waals surface area contributed by atoms with Crippen molar-refractivity contribution in [1.82, 2.24) is 37.9 Å². The van der Waals surface area contributed by atoms with E-state index in [1.807, 2.05) is 95.3 Å². The smallest absolute Gasteiger partial charge is 0.276 e. The highest BCUT2D eigenvalue weighted by Crippen LogP contribution is 2.34. The Balaban J connectivity index is 0.000000169. The van der Waals surface area contributed by atoms with Crippen molar-refractivity contribution >= 4 is 78.6 Å². The molecule has 0 aromatic carbocycles. The molecule has 0 atom stereocenters. The van der Waals surface area contributed by atoms with Crippen LogP contribution >= 0.6 is 45.3 Å². The Bertz CT molecular complexity index is 2890. The molecule has 20 heteroatoms. The molecule has 6 aromatic heterocycles. The van der Waals surface area contributed by atoms with Crippen molar-refractivity contribution in [1.29, 1.82) is 0 Å². The largest absolute Gasteiger partial charge is 0.353 e. The number of thiazole rings is 2. The standard InChI is InChI=1S/C13H17NO2S.2C12H16N2O2S.C11H15N3O2S/c1-7(2)10-5-9-11(17-10)6-12(15)14(8(3)4)13(9)16;1-7(2)9-6-13-11(17-9)5-10(15)14(8(3)4)12(13)16;1-6(2)11-13-10-8(17-11)5-9(15)14(7(3)4)12(10)16;1-6(2)10-12-14-9(17-10)5-8(15)13(7(3)4)11(14)16/h5,7-8H,6H2,1-4H3;5-8H,1-4H3;6-7H,5H2,1-4H3;5-7H,1-4H3. The number of carbonyl (C=O) groups excluding carboxylic acids is 4. The van der Waals surface area contributed by atoms with Crippen LogP contribution in [0.5, 0.6) is 0 Å². The normalized spacial score (nSPS) is 13.9. The maximum absolute atomic E-state index is 12.2. The summed E-state index contributed by atoms with van der Waals surface area (Å²) in [5.41, 5.74) is 0.126. The van der Waals surface area contributed by atoms with E-state index in [1.54, 1.807) is 15.7 Å². The fraction of sp³-hybridized carbons (Fsp3) is 0.542. The first-order chi connectivity index (χ1) is 31.7. The van der Waals surface area contributed by atoms with Gasteiger partial charge in [-0.1, -0.05) is 66.7 Å². The summed E-state index contributed by atoms with van der Waals surface area (Å²) >= 11 is 5.98. The number of hydrogen-bond acceptors (Lipinski definition) is 14. The minimum Gasteiger partial charge on any atom is -0.276 e. The van der Waals surface area contributed by atoms with E-state index in [4.69, 9.17) is 0 Å². The predicted molar refractivity (Wildman–Crippen MR) is 273 cm³/mol. The van der Waals surface area contributed by atoms with Gasteiger partial charge in [-0.3, -0.25) is 52.1 Å². The summed E-state index contributed by atoms with van der Waals surface area (Å²) in [5.74, 6) is 0.751. The summed E-state index contributed by atoms with van der Waals surface area (Å²) in [6.45, 7) is 31.2. The molecule has 368 valence electrons. The van der Waals surface area contributed by atoms with E-state index in [0.29, 0.717) is 41.1 Å². The second kappa shape index (κ2) is 21.6. The van der Waals surface area contributed by atoms with E-state index in [9.17, 15) is 38.4 Å². The van der Waals surface area contributed by atoms with Gasteiger partial charge in [0, 0.05) is 73.8 Å². The first-order valence-electron chi connectivity index (χ1n) is 22.9. The average molecular weight is 1010 g/mol. The van der Waals surface area contributed by atoms with E-state index < -0.39 is 0 Å². The number of aromatic nitrogens is 6. The topological polar surface area (TPSA) is 188 Å². The van der Waals surface area contributed by atoms with Gasteiger partial charge < -0.3 is 0 Å². The van der Waals surface area contributed by atoms with Crippen LogP contribution in [0.1, 0.15) is 197 Å². The molecule has 6 aromatic rings. The Labute approximate surface area is 411 Å². The van der Waals surface area contributed by atoms with Gasteiger partial charge in [-0.15, -0.1) is 34.0 Å². The van der Waals surface area contributed by atoms with Crippen LogP contribution in [0, 0.1) is 0 Å². The summed E-state index contributed by atoms with van der Waals surface area (Å²) in [6.07, 6.45) is 2.52. The molecular weight excluding hydrogens is 945 g/mol. The lowest BCUT2D eigenvalue weighted by molar-refractivity contribution is -0.130. The zero-order chi connectivity index (χ0) is 51.0. The lowest BCUT2D eigenvalue weighted by Gasteiger charge is -2.28. The zero-order valence-electron chi connectivity index (χ0n) is 41.8. The number of thiophene rings is 1. The van der Waals surface area contributed by atoms with Gasteiger partial charge in [0.05, 0.1) is 23.4 Å². The molecule has 0 aliphatic carbocycles. The van der Waals surface area contributed by atoms with Gasteiger partial charge in [0.25, 0.3) is 22.9 Å². The van der Waals surface area contributed by atoms with Crippen LogP contribution in [0.3, 0.4) is 0 Å². The Morgan fingerprint density at radius 1 is 0.485 bits per heavy atom. The third-order valence-corrected chi connectivity index (χ3v) is 16.3. The molecule has 0 N–H and O–H groups in total. The summed E-state index contributed by atoms with van der Waals surface area (Å²) < 4.78 is 5.39. The molecule has 0 spiro atoms. The van der Waals surface area contributed by atoms with Crippen molar-refractivity contribution in [2.24, 2.45) is 0 Å². The Morgan fingerprint density at radius 3 is 1.49 bits per heavy atom. The second-order valence-electron chi connectivity index (χ2n) is 19.1. The van der Waals surface area contributed by atoms with Crippen molar-refractivity contribution in [2.45, 2.75) is 171 Å². The molecule has 0 unspecified atom stereocenters. The third-order valence-electron chi connectivity index (χ3n) is 10.9. The average Bonchev–Trinajstić information content (AvgIpc) is 4.03. The van der Waals surface area contributed by atoms with Gasteiger partial charge in [0.1, 0.15) is 20.4 Å². The number of carbonyl (C=O) groups is 4. The summed E-state index contributed by atoms with van der Waals surface area (Å²) in [6, 6.07) is 4.53. The highest BCUT2D eigenvalue weighted by molar-refractivity contribution is 7.17. The number of nitrogens with zero attached hydrogens (tertiary/aromatic N) is 8.